The Labute approximate surface area is 150 Å². The van der Waals surface area contributed by atoms with Crippen molar-refractivity contribution in [3.63, 3.8) is 0 Å². The molecular formula is C15H13F2N3O5S. The van der Waals surface area contributed by atoms with Crippen molar-refractivity contribution in [3.05, 3.63) is 40.4 Å². The van der Waals surface area contributed by atoms with E-state index in [9.17, 15) is 23.2 Å². The first-order valence-corrected chi connectivity index (χ1v) is 8.05. The Balaban J connectivity index is 1.85. The highest BCUT2D eigenvalue weighted by molar-refractivity contribution is 7.07. The lowest BCUT2D eigenvalue weighted by molar-refractivity contribution is -0.123. The monoisotopic (exact) mass is 385 g/mol. The van der Waals surface area contributed by atoms with Crippen molar-refractivity contribution in [1.29, 1.82) is 0 Å². The molecule has 2 rings (SSSR count). The molecule has 26 heavy (non-hydrogen) atoms. The third-order valence-electron chi connectivity index (χ3n) is 3.01. The van der Waals surface area contributed by atoms with E-state index in [2.05, 4.69) is 14.3 Å². The maximum atomic E-state index is 12.1. The summed E-state index contributed by atoms with van der Waals surface area (Å²) in [7, 11) is 0. The van der Waals surface area contributed by atoms with Crippen molar-refractivity contribution < 1.29 is 32.6 Å². The van der Waals surface area contributed by atoms with Gasteiger partial charge in [-0.3, -0.25) is 14.9 Å². The van der Waals surface area contributed by atoms with E-state index in [1.165, 1.54) is 12.1 Å². The molecule has 0 spiro atoms. The molecule has 11 heteroatoms. The maximum Gasteiger partial charge on any atom is 0.387 e. The number of aromatic nitrogens is 2. The zero-order valence-electron chi connectivity index (χ0n) is 13.4. The Bertz CT molecular complexity index is 795. The van der Waals surface area contributed by atoms with Crippen LogP contribution in [0.3, 0.4) is 0 Å². The SMILES string of the molecule is CCc1nnsc1C(=O)OCC(=O)NC(=O)c1ccc(OC(F)F)cc1. The number of amides is 2. The highest BCUT2D eigenvalue weighted by atomic mass is 32.1. The average Bonchev–Trinajstić information content (AvgIpc) is 3.08. The van der Waals surface area contributed by atoms with Gasteiger partial charge in [0.2, 0.25) is 0 Å². The smallest absolute Gasteiger partial charge is 0.387 e. The molecule has 2 aromatic rings. The number of nitrogens with one attached hydrogen (secondary N) is 1. The summed E-state index contributed by atoms with van der Waals surface area (Å²) in [4.78, 5) is 35.6. The number of hydrogen-bond acceptors (Lipinski definition) is 8. The molecule has 1 aromatic heterocycles. The first-order valence-electron chi connectivity index (χ1n) is 7.28. The van der Waals surface area contributed by atoms with Gasteiger partial charge >= 0.3 is 12.6 Å². The van der Waals surface area contributed by atoms with Gasteiger partial charge in [-0.05, 0) is 42.2 Å². The number of alkyl halides is 2. The highest BCUT2D eigenvalue weighted by Crippen LogP contribution is 2.15. The van der Waals surface area contributed by atoms with E-state index in [4.69, 9.17) is 4.74 Å². The second kappa shape index (κ2) is 8.94. The maximum absolute atomic E-state index is 12.1. The molecule has 0 atom stereocenters. The fourth-order valence-corrected chi connectivity index (χ4v) is 2.46. The molecule has 0 aliphatic rings. The number of imide groups is 1. The van der Waals surface area contributed by atoms with Gasteiger partial charge in [0.15, 0.2) is 11.5 Å². The summed E-state index contributed by atoms with van der Waals surface area (Å²) in [5.41, 5.74) is 0.508. The van der Waals surface area contributed by atoms with E-state index in [1.807, 2.05) is 5.32 Å². The number of halogens is 2. The fraction of sp³-hybridized carbons (Fsp3) is 0.267. The predicted molar refractivity (Wildman–Crippen MR) is 85.1 cm³/mol. The van der Waals surface area contributed by atoms with Crippen LogP contribution in [0.25, 0.3) is 0 Å². The molecule has 1 N–H and O–H groups in total. The number of aryl methyl sites for hydroxylation is 1. The van der Waals surface area contributed by atoms with E-state index < -0.39 is 31.0 Å². The lowest BCUT2D eigenvalue weighted by atomic mass is 10.2. The van der Waals surface area contributed by atoms with Gasteiger partial charge in [-0.25, -0.2) is 4.79 Å². The zero-order valence-corrected chi connectivity index (χ0v) is 14.2. The molecule has 8 nitrogen and oxygen atoms in total. The summed E-state index contributed by atoms with van der Waals surface area (Å²) < 4.78 is 36.7. The van der Waals surface area contributed by atoms with Crippen LogP contribution >= 0.6 is 11.5 Å². The molecule has 0 aliphatic heterocycles. The molecule has 0 saturated carbocycles. The van der Waals surface area contributed by atoms with Crippen LogP contribution in [0.5, 0.6) is 5.75 Å². The van der Waals surface area contributed by atoms with Gasteiger partial charge in [0.25, 0.3) is 11.8 Å². The van der Waals surface area contributed by atoms with Gasteiger partial charge in [-0.15, -0.1) is 5.10 Å². The second-order valence-corrected chi connectivity index (χ2v) is 5.51. The molecular weight excluding hydrogens is 372 g/mol. The number of carbonyl (C=O) groups excluding carboxylic acids is 3. The molecule has 0 aliphatic carbocycles. The van der Waals surface area contributed by atoms with Gasteiger partial charge in [0, 0.05) is 5.56 Å². The van der Waals surface area contributed by atoms with Crippen LogP contribution in [0.1, 0.15) is 32.6 Å². The van der Waals surface area contributed by atoms with E-state index in [0.29, 0.717) is 12.1 Å². The van der Waals surface area contributed by atoms with E-state index in [1.54, 1.807) is 6.92 Å². The first-order chi connectivity index (χ1) is 12.4. The molecule has 1 heterocycles. The van der Waals surface area contributed by atoms with Crippen molar-refractivity contribution in [3.8, 4) is 5.75 Å². The molecule has 0 fully saturated rings. The van der Waals surface area contributed by atoms with E-state index in [-0.39, 0.29) is 16.2 Å². The molecule has 0 saturated heterocycles. The Morgan fingerprint density at radius 2 is 1.92 bits per heavy atom. The van der Waals surface area contributed by atoms with Crippen LogP contribution in [0.15, 0.2) is 24.3 Å². The Hall–Kier alpha value is -2.95. The molecule has 0 bridgehead atoms. The van der Waals surface area contributed by atoms with Crippen LogP contribution in [-0.4, -0.2) is 40.6 Å². The molecule has 2 amide bonds. The third-order valence-corrected chi connectivity index (χ3v) is 3.75. The average molecular weight is 385 g/mol. The van der Waals surface area contributed by atoms with E-state index in [0.717, 1.165) is 23.7 Å². The molecule has 0 unspecified atom stereocenters. The van der Waals surface area contributed by atoms with Crippen molar-refractivity contribution >= 4 is 29.3 Å². The minimum absolute atomic E-state index is 0.0474. The summed E-state index contributed by atoms with van der Waals surface area (Å²) in [6.45, 7) is -1.86. The highest BCUT2D eigenvalue weighted by Gasteiger charge is 2.19. The third kappa shape index (κ3) is 5.28. The number of carbonyl (C=O) groups is 3. The van der Waals surface area contributed by atoms with Gasteiger partial charge in [0.1, 0.15) is 5.75 Å². The van der Waals surface area contributed by atoms with Crippen LogP contribution in [0.4, 0.5) is 8.78 Å². The lowest BCUT2D eigenvalue weighted by Gasteiger charge is -2.07. The van der Waals surface area contributed by atoms with Crippen LogP contribution in [-0.2, 0) is 16.0 Å². The van der Waals surface area contributed by atoms with E-state index >= 15 is 0 Å². The normalized spacial score (nSPS) is 10.5. The quantitative estimate of drug-likeness (QED) is 0.724. The second-order valence-electron chi connectivity index (χ2n) is 4.76. The summed E-state index contributed by atoms with van der Waals surface area (Å²) in [5.74, 6) is -2.50. The standard InChI is InChI=1S/C15H13F2N3O5S/c1-2-10-12(26-20-19-10)14(23)24-7-11(21)18-13(22)8-3-5-9(6-4-8)25-15(16)17/h3-6,15H,2,7H2,1H3,(H,18,21,22). The van der Waals surface area contributed by atoms with Crippen molar-refractivity contribution in [1.82, 2.24) is 14.9 Å². The number of rotatable bonds is 7. The fourth-order valence-electron chi connectivity index (χ4n) is 1.81. The lowest BCUT2D eigenvalue weighted by Crippen LogP contribution is -2.34. The summed E-state index contributed by atoms with van der Waals surface area (Å²) >= 11 is 0.851. The number of benzene rings is 1. The van der Waals surface area contributed by atoms with Gasteiger partial charge in [0.05, 0.1) is 5.69 Å². The summed E-state index contributed by atoms with van der Waals surface area (Å²) in [6.07, 6.45) is 0.483. The minimum atomic E-state index is -2.98. The molecule has 1 aromatic carbocycles. The Morgan fingerprint density at radius 1 is 1.23 bits per heavy atom. The van der Waals surface area contributed by atoms with Crippen LogP contribution in [0, 0.1) is 0 Å². The Morgan fingerprint density at radius 3 is 2.54 bits per heavy atom. The van der Waals surface area contributed by atoms with Gasteiger partial charge < -0.3 is 9.47 Å². The van der Waals surface area contributed by atoms with Crippen molar-refractivity contribution in [2.45, 2.75) is 20.0 Å². The number of esters is 1. The van der Waals surface area contributed by atoms with Crippen LogP contribution in [0.2, 0.25) is 0 Å². The van der Waals surface area contributed by atoms with Crippen molar-refractivity contribution in [2.24, 2.45) is 0 Å². The van der Waals surface area contributed by atoms with Crippen LogP contribution < -0.4 is 10.1 Å². The number of ether oxygens (including phenoxy) is 2. The first kappa shape index (κ1) is 19.4. The van der Waals surface area contributed by atoms with Gasteiger partial charge in [-0.1, -0.05) is 11.4 Å². The zero-order chi connectivity index (χ0) is 19.1. The largest absolute Gasteiger partial charge is 0.451 e. The topological polar surface area (TPSA) is 107 Å². The van der Waals surface area contributed by atoms with Gasteiger partial charge in [-0.2, -0.15) is 8.78 Å². The minimum Gasteiger partial charge on any atom is -0.451 e. The number of hydrogen-bond donors (Lipinski definition) is 1. The predicted octanol–water partition coefficient (Wildman–Crippen LogP) is 1.82. The van der Waals surface area contributed by atoms with Crippen molar-refractivity contribution in [2.75, 3.05) is 6.61 Å². The summed E-state index contributed by atoms with van der Waals surface area (Å²) in [6, 6.07) is 4.75. The molecule has 138 valence electrons. The Kier molecular flexibility index (Phi) is 6.67. The molecule has 0 radical (unpaired) electrons. The summed E-state index contributed by atoms with van der Waals surface area (Å²) in [5, 5.41) is 5.77. The number of nitrogens with zero attached hydrogens (tertiary/aromatic N) is 2.